The number of carbonyl (C=O) groups excluding carboxylic acids is 1. The molecule has 1 amide bonds. The van der Waals surface area contributed by atoms with Crippen LogP contribution in [0.4, 0.5) is 4.39 Å². The zero-order chi connectivity index (χ0) is 20.6. The average molecular weight is 397 g/mol. The molecule has 0 N–H and O–H groups in total. The third kappa shape index (κ3) is 5.42. The number of amides is 1. The van der Waals surface area contributed by atoms with Crippen LogP contribution in [0.2, 0.25) is 0 Å². The molecule has 0 aliphatic carbocycles. The molecule has 0 aliphatic rings. The fourth-order valence-electron chi connectivity index (χ4n) is 3.00. The number of benzene rings is 2. The molecule has 7 heteroatoms. The van der Waals surface area contributed by atoms with Crippen LogP contribution in [0.3, 0.4) is 0 Å². The lowest BCUT2D eigenvalue weighted by Crippen LogP contribution is -2.34. The average Bonchev–Trinajstić information content (AvgIpc) is 3.17. The highest BCUT2D eigenvalue weighted by Gasteiger charge is 2.18. The summed E-state index contributed by atoms with van der Waals surface area (Å²) >= 11 is 0. The van der Waals surface area contributed by atoms with E-state index in [4.69, 9.17) is 9.47 Å². The largest absolute Gasteiger partial charge is 0.497 e. The van der Waals surface area contributed by atoms with Crippen molar-refractivity contribution in [3.05, 3.63) is 83.7 Å². The van der Waals surface area contributed by atoms with Crippen molar-refractivity contribution in [2.45, 2.75) is 13.1 Å². The lowest BCUT2D eigenvalue weighted by molar-refractivity contribution is 0.0673. The Bertz CT molecular complexity index is 940. The van der Waals surface area contributed by atoms with Crippen LogP contribution in [-0.4, -0.2) is 47.7 Å². The van der Waals surface area contributed by atoms with Gasteiger partial charge in [-0.25, -0.2) is 9.37 Å². The van der Waals surface area contributed by atoms with E-state index in [9.17, 15) is 9.18 Å². The number of imidazole rings is 1. The summed E-state index contributed by atoms with van der Waals surface area (Å²) in [7, 11) is 3.22. The van der Waals surface area contributed by atoms with Gasteiger partial charge in [0.15, 0.2) is 0 Å². The fraction of sp³-hybridized carbons (Fsp3) is 0.273. The Hall–Kier alpha value is -3.19. The van der Waals surface area contributed by atoms with Crippen molar-refractivity contribution in [3.63, 3.8) is 0 Å². The van der Waals surface area contributed by atoms with E-state index in [1.165, 1.54) is 24.3 Å². The number of hydrogen-bond acceptors (Lipinski definition) is 4. The Kier molecular flexibility index (Phi) is 6.97. The predicted molar refractivity (Wildman–Crippen MR) is 107 cm³/mol. The summed E-state index contributed by atoms with van der Waals surface area (Å²) in [5.74, 6) is 0.966. The quantitative estimate of drug-likeness (QED) is 0.556. The number of hydrogen-bond donors (Lipinski definition) is 0. The van der Waals surface area contributed by atoms with E-state index in [-0.39, 0.29) is 11.7 Å². The Morgan fingerprint density at radius 1 is 1.17 bits per heavy atom. The topological polar surface area (TPSA) is 56.6 Å². The van der Waals surface area contributed by atoms with Crippen molar-refractivity contribution in [2.75, 3.05) is 27.4 Å². The minimum atomic E-state index is -0.376. The second kappa shape index (κ2) is 9.84. The van der Waals surface area contributed by atoms with Crippen LogP contribution in [0.15, 0.2) is 60.9 Å². The van der Waals surface area contributed by atoms with Gasteiger partial charge < -0.3 is 18.9 Å². The van der Waals surface area contributed by atoms with Gasteiger partial charge in [0.05, 0.1) is 20.3 Å². The molecule has 0 saturated heterocycles. The maximum atomic E-state index is 13.2. The van der Waals surface area contributed by atoms with Gasteiger partial charge in [-0.1, -0.05) is 12.1 Å². The van der Waals surface area contributed by atoms with Gasteiger partial charge in [-0.2, -0.15) is 0 Å². The van der Waals surface area contributed by atoms with Gasteiger partial charge >= 0.3 is 0 Å². The zero-order valence-electron chi connectivity index (χ0n) is 16.5. The van der Waals surface area contributed by atoms with Crippen molar-refractivity contribution in [2.24, 2.45) is 0 Å². The molecule has 0 aliphatic heterocycles. The zero-order valence-corrected chi connectivity index (χ0v) is 16.5. The van der Waals surface area contributed by atoms with Gasteiger partial charge in [0.25, 0.3) is 5.91 Å². The Balaban J connectivity index is 1.78. The van der Waals surface area contributed by atoms with Gasteiger partial charge in [0.1, 0.15) is 17.4 Å². The van der Waals surface area contributed by atoms with E-state index < -0.39 is 0 Å². The van der Waals surface area contributed by atoms with E-state index in [1.54, 1.807) is 25.3 Å². The molecular formula is C22H24FN3O3. The Morgan fingerprint density at radius 3 is 2.69 bits per heavy atom. The third-order valence-corrected chi connectivity index (χ3v) is 4.56. The van der Waals surface area contributed by atoms with Crippen molar-refractivity contribution in [3.8, 4) is 5.75 Å². The van der Waals surface area contributed by atoms with Crippen LogP contribution < -0.4 is 4.74 Å². The second-order valence-electron chi connectivity index (χ2n) is 6.55. The van der Waals surface area contributed by atoms with Crippen molar-refractivity contribution in [1.29, 1.82) is 0 Å². The predicted octanol–water partition coefficient (Wildman–Crippen LogP) is 3.37. The van der Waals surface area contributed by atoms with Crippen molar-refractivity contribution < 1.29 is 18.7 Å². The highest BCUT2D eigenvalue weighted by molar-refractivity contribution is 5.94. The summed E-state index contributed by atoms with van der Waals surface area (Å²) < 4.78 is 25.6. The van der Waals surface area contributed by atoms with E-state index in [0.717, 1.165) is 17.1 Å². The lowest BCUT2D eigenvalue weighted by atomic mass is 10.2. The van der Waals surface area contributed by atoms with Crippen molar-refractivity contribution >= 4 is 5.91 Å². The molecule has 0 unspecified atom stereocenters. The lowest BCUT2D eigenvalue weighted by Gasteiger charge is -2.23. The minimum Gasteiger partial charge on any atom is -0.497 e. The van der Waals surface area contributed by atoms with E-state index in [2.05, 4.69) is 4.98 Å². The Labute approximate surface area is 169 Å². The number of nitrogens with zero attached hydrogens (tertiary/aromatic N) is 3. The second-order valence-corrected chi connectivity index (χ2v) is 6.55. The van der Waals surface area contributed by atoms with Crippen LogP contribution in [-0.2, 0) is 17.8 Å². The number of rotatable bonds is 9. The van der Waals surface area contributed by atoms with E-state index in [1.807, 2.05) is 35.0 Å². The number of methoxy groups -OCH3 is 2. The molecule has 0 spiro atoms. The normalized spacial score (nSPS) is 10.7. The molecule has 0 atom stereocenters. The van der Waals surface area contributed by atoms with Gasteiger partial charge in [0.2, 0.25) is 0 Å². The standard InChI is InChI=1S/C22H24FN3O3/c1-28-13-12-26(22(27)18-6-8-19(23)9-7-18)16-21-24-10-11-25(21)15-17-4-3-5-20(14-17)29-2/h3-11,14H,12-13,15-16H2,1-2H3. The first-order valence-electron chi connectivity index (χ1n) is 9.27. The maximum absolute atomic E-state index is 13.2. The van der Waals surface area contributed by atoms with E-state index in [0.29, 0.717) is 31.8 Å². The maximum Gasteiger partial charge on any atom is 0.254 e. The molecule has 3 rings (SSSR count). The van der Waals surface area contributed by atoms with Crippen molar-refractivity contribution in [1.82, 2.24) is 14.5 Å². The third-order valence-electron chi connectivity index (χ3n) is 4.56. The summed E-state index contributed by atoms with van der Waals surface area (Å²) in [6.07, 6.45) is 3.60. The molecule has 0 fully saturated rings. The molecule has 3 aromatic rings. The smallest absolute Gasteiger partial charge is 0.254 e. The highest BCUT2D eigenvalue weighted by Crippen LogP contribution is 2.16. The first kappa shape index (κ1) is 20.5. The fourth-order valence-corrected chi connectivity index (χ4v) is 3.00. The molecule has 2 aromatic carbocycles. The van der Waals surface area contributed by atoms with Crippen LogP contribution >= 0.6 is 0 Å². The summed E-state index contributed by atoms with van der Waals surface area (Å²) in [5.41, 5.74) is 1.49. The van der Waals surface area contributed by atoms with Gasteiger partial charge in [0, 0.05) is 38.2 Å². The summed E-state index contributed by atoms with van der Waals surface area (Å²) in [6, 6.07) is 13.4. The van der Waals surface area contributed by atoms with Gasteiger partial charge in [-0.15, -0.1) is 0 Å². The number of aromatic nitrogens is 2. The molecular weight excluding hydrogens is 373 g/mol. The Morgan fingerprint density at radius 2 is 1.97 bits per heavy atom. The first-order valence-corrected chi connectivity index (χ1v) is 9.27. The summed E-state index contributed by atoms with van der Waals surface area (Å²) in [6.45, 7) is 1.72. The van der Waals surface area contributed by atoms with Gasteiger partial charge in [-0.05, 0) is 42.0 Å². The summed E-state index contributed by atoms with van der Waals surface area (Å²) in [4.78, 5) is 19.0. The summed E-state index contributed by atoms with van der Waals surface area (Å²) in [5, 5.41) is 0. The number of ether oxygens (including phenoxy) is 2. The molecule has 1 heterocycles. The number of halogens is 1. The molecule has 152 valence electrons. The SMILES string of the molecule is COCCN(Cc1nccn1Cc1cccc(OC)c1)C(=O)c1ccc(F)cc1. The van der Waals surface area contributed by atoms with Crippen LogP contribution in [0.25, 0.3) is 0 Å². The van der Waals surface area contributed by atoms with Crippen LogP contribution in [0.5, 0.6) is 5.75 Å². The highest BCUT2D eigenvalue weighted by atomic mass is 19.1. The van der Waals surface area contributed by atoms with Crippen LogP contribution in [0, 0.1) is 5.82 Å². The molecule has 1 aromatic heterocycles. The molecule has 29 heavy (non-hydrogen) atoms. The number of carbonyl (C=O) groups is 1. The first-order chi connectivity index (χ1) is 14.1. The monoisotopic (exact) mass is 397 g/mol. The molecule has 6 nitrogen and oxygen atoms in total. The molecule has 0 saturated carbocycles. The van der Waals surface area contributed by atoms with Gasteiger partial charge in [-0.3, -0.25) is 4.79 Å². The van der Waals surface area contributed by atoms with Crippen LogP contribution in [0.1, 0.15) is 21.7 Å². The molecule has 0 radical (unpaired) electrons. The van der Waals surface area contributed by atoms with E-state index >= 15 is 0 Å². The minimum absolute atomic E-state index is 0.196. The molecule has 0 bridgehead atoms.